The summed E-state index contributed by atoms with van der Waals surface area (Å²) in [6, 6.07) is 11.9. The monoisotopic (exact) mass is 423 g/mol. The standard InChI is InChI=1S/C19H19Cl2N3O4/c20-15-5-6-17(18(11-15)24(26)27)22-7-9-23(10-8-22)19(25)13-28-12-14-3-1-2-4-16(14)21/h1-6,11H,7-10,12-13H2. The first-order valence-electron chi connectivity index (χ1n) is 8.73. The number of anilines is 1. The predicted octanol–water partition coefficient (Wildman–Crippen LogP) is 3.77. The number of piperazine rings is 1. The summed E-state index contributed by atoms with van der Waals surface area (Å²) in [4.78, 5) is 26.8. The lowest BCUT2D eigenvalue weighted by Gasteiger charge is -2.35. The lowest BCUT2D eigenvalue weighted by molar-refractivity contribution is -0.384. The molecule has 3 rings (SSSR count). The van der Waals surface area contributed by atoms with Gasteiger partial charge in [0.25, 0.3) is 5.69 Å². The Bertz CT molecular complexity index is 870. The molecule has 2 aromatic rings. The summed E-state index contributed by atoms with van der Waals surface area (Å²) in [5.41, 5.74) is 1.31. The normalized spacial score (nSPS) is 14.2. The third-order valence-corrected chi connectivity index (χ3v) is 5.15. The Balaban J connectivity index is 1.52. The molecule has 0 N–H and O–H groups in total. The molecule has 0 unspecified atom stereocenters. The van der Waals surface area contributed by atoms with E-state index in [1.165, 1.54) is 6.07 Å². The van der Waals surface area contributed by atoms with E-state index < -0.39 is 4.92 Å². The minimum absolute atomic E-state index is 0.0321. The van der Waals surface area contributed by atoms with Gasteiger partial charge < -0.3 is 14.5 Å². The molecular weight excluding hydrogens is 405 g/mol. The summed E-state index contributed by atoms with van der Waals surface area (Å²) in [6.45, 7) is 2.16. The minimum Gasteiger partial charge on any atom is -0.367 e. The molecule has 0 atom stereocenters. The number of halogens is 2. The molecule has 1 saturated heterocycles. The van der Waals surface area contributed by atoms with Crippen LogP contribution in [0.5, 0.6) is 0 Å². The molecule has 0 spiro atoms. The highest BCUT2D eigenvalue weighted by Gasteiger charge is 2.26. The fraction of sp³-hybridized carbons (Fsp3) is 0.316. The molecule has 0 saturated carbocycles. The highest BCUT2D eigenvalue weighted by Crippen LogP contribution is 2.31. The molecule has 1 heterocycles. The first-order valence-corrected chi connectivity index (χ1v) is 9.49. The van der Waals surface area contributed by atoms with E-state index in [1.807, 2.05) is 23.1 Å². The molecule has 1 aliphatic rings. The maximum Gasteiger partial charge on any atom is 0.294 e. The molecule has 0 radical (unpaired) electrons. The number of amides is 1. The van der Waals surface area contributed by atoms with Crippen LogP contribution >= 0.6 is 23.2 Å². The summed E-state index contributed by atoms with van der Waals surface area (Å²) in [7, 11) is 0. The second-order valence-corrected chi connectivity index (χ2v) is 7.19. The zero-order valence-corrected chi connectivity index (χ0v) is 16.5. The fourth-order valence-corrected chi connectivity index (χ4v) is 3.42. The number of hydrogen-bond acceptors (Lipinski definition) is 5. The van der Waals surface area contributed by atoms with Gasteiger partial charge >= 0.3 is 0 Å². The van der Waals surface area contributed by atoms with Crippen molar-refractivity contribution in [2.45, 2.75) is 6.61 Å². The Morgan fingerprint density at radius 2 is 1.82 bits per heavy atom. The molecule has 2 aromatic carbocycles. The van der Waals surface area contributed by atoms with Crippen molar-refractivity contribution >= 4 is 40.5 Å². The van der Waals surface area contributed by atoms with Crippen molar-refractivity contribution in [2.24, 2.45) is 0 Å². The van der Waals surface area contributed by atoms with Gasteiger partial charge in [0.15, 0.2) is 0 Å². The number of nitro benzene ring substituents is 1. The minimum atomic E-state index is -0.443. The Kier molecular flexibility index (Phi) is 6.72. The molecule has 0 bridgehead atoms. The van der Waals surface area contributed by atoms with E-state index in [0.717, 1.165) is 5.56 Å². The average Bonchev–Trinajstić information content (AvgIpc) is 2.69. The summed E-state index contributed by atoms with van der Waals surface area (Å²) >= 11 is 11.9. The molecule has 0 aliphatic carbocycles. The number of nitro groups is 1. The van der Waals surface area contributed by atoms with E-state index in [9.17, 15) is 14.9 Å². The maximum absolute atomic E-state index is 12.4. The van der Waals surface area contributed by atoms with Crippen LogP contribution in [0.4, 0.5) is 11.4 Å². The van der Waals surface area contributed by atoms with Crippen molar-refractivity contribution < 1.29 is 14.5 Å². The van der Waals surface area contributed by atoms with Crippen molar-refractivity contribution in [1.82, 2.24) is 4.90 Å². The van der Waals surface area contributed by atoms with Gasteiger partial charge in [0, 0.05) is 42.3 Å². The van der Waals surface area contributed by atoms with Crippen LogP contribution in [0.1, 0.15) is 5.56 Å². The molecule has 1 aliphatic heterocycles. The molecule has 1 fully saturated rings. The number of ether oxygens (including phenoxy) is 1. The lowest BCUT2D eigenvalue weighted by Crippen LogP contribution is -2.49. The fourth-order valence-electron chi connectivity index (χ4n) is 3.06. The first-order chi connectivity index (χ1) is 13.5. The summed E-state index contributed by atoms with van der Waals surface area (Å²) in [5.74, 6) is -0.114. The smallest absolute Gasteiger partial charge is 0.294 e. The van der Waals surface area contributed by atoms with Crippen LogP contribution in [-0.2, 0) is 16.1 Å². The highest BCUT2D eigenvalue weighted by molar-refractivity contribution is 6.31. The number of carbonyl (C=O) groups excluding carboxylic acids is 1. The summed E-state index contributed by atoms with van der Waals surface area (Å²) in [6.07, 6.45) is 0. The SMILES string of the molecule is O=C(COCc1ccccc1Cl)N1CCN(c2ccc(Cl)cc2[N+](=O)[O-])CC1. The Labute approximate surface area is 172 Å². The summed E-state index contributed by atoms with van der Waals surface area (Å²) < 4.78 is 5.50. The second kappa shape index (κ2) is 9.23. The van der Waals surface area contributed by atoms with E-state index in [-0.39, 0.29) is 24.8 Å². The van der Waals surface area contributed by atoms with Crippen molar-refractivity contribution in [1.29, 1.82) is 0 Å². The van der Waals surface area contributed by atoms with Gasteiger partial charge in [0.2, 0.25) is 5.91 Å². The number of nitrogens with zero attached hydrogens (tertiary/aromatic N) is 3. The molecule has 0 aromatic heterocycles. The van der Waals surface area contributed by atoms with Crippen LogP contribution < -0.4 is 4.90 Å². The lowest BCUT2D eigenvalue weighted by atomic mass is 10.2. The van der Waals surface area contributed by atoms with Gasteiger partial charge in [0.1, 0.15) is 12.3 Å². The van der Waals surface area contributed by atoms with E-state index >= 15 is 0 Å². The zero-order chi connectivity index (χ0) is 20.1. The van der Waals surface area contributed by atoms with Crippen LogP contribution in [-0.4, -0.2) is 48.5 Å². The summed E-state index contributed by atoms with van der Waals surface area (Å²) in [5, 5.41) is 12.2. The Morgan fingerprint density at radius 1 is 1.11 bits per heavy atom. The maximum atomic E-state index is 12.4. The molecule has 7 nitrogen and oxygen atoms in total. The number of benzene rings is 2. The first kappa shape index (κ1) is 20.4. The van der Waals surface area contributed by atoms with Gasteiger partial charge in [-0.05, 0) is 23.8 Å². The second-order valence-electron chi connectivity index (χ2n) is 6.34. The third-order valence-electron chi connectivity index (χ3n) is 4.55. The highest BCUT2D eigenvalue weighted by atomic mass is 35.5. The topological polar surface area (TPSA) is 75.9 Å². The van der Waals surface area contributed by atoms with Gasteiger partial charge in [-0.1, -0.05) is 41.4 Å². The van der Waals surface area contributed by atoms with E-state index in [1.54, 1.807) is 23.1 Å². The Hall–Kier alpha value is -2.35. The number of hydrogen-bond donors (Lipinski definition) is 0. The van der Waals surface area contributed by atoms with E-state index in [0.29, 0.717) is 41.9 Å². The van der Waals surface area contributed by atoms with Gasteiger partial charge in [-0.2, -0.15) is 0 Å². The van der Waals surface area contributed by atoms with Crippen LogP contribution in [0.25, 0.3) is 0 Å². The van der Waals surface area contributed by atoms with Crippen LogP contribution in [0.3, 0.4) is 0 Å². The van der Waals surface area contributed by atoms with Crippen molar-refractivity contribution in [2.75, 3.05) is 37.7 Å². The molecular formula is C19H19Cl2N3O4. The van der Waals surface area contributed by atoms with Gasteiger partial charge in [0.05, 0.1) is 11.5 Å². The van der Waals surface area contributed by atoms with Crippen LogP contribution in [0.2, 0.25) is 10.0 Å². The van der Waals surface area contributed by atoms with Crippen molar-refractivity contribution in [3.63, 3.8) is 0 Å². The zero-order valence-electron chi connectivity index (χ0n) is 15.0. The molecule has 9 heteroatoms. The van der Waals surface area contributed by atoms with Crippen LogP contribution in [0, 0.1) is 10.1 Å². The van der Waals surface area contributed by atoms with Crippen molar-refractivity contribution in [3.05, 3.63) is 68.2 Å². The third kappa shape index (κ3) is 4.92. The van der Waals surface area contributed by atoms with Crippen LogP contribution in [0.15, 0.2) is 42.5 Å². The number of rotatable bonds is 6. The molecule has 1 amide bonds. The van der Waals surface area contributed by atoms with Gasteiger partial charge in [-0.15, -0.1) is 0 Å². The quantitative estimate of drug-likeness (QED) is 0.521. The molecule has 148 valence electrons. The van der Waals surface area contributed by atoms with E-state index in [2.05, 4.69) is 0 Å². The predicted molar refractivity (Wildman–Crippen MR) is 108 cm³/mol. The Morgan fingerprint density at radius 3 is 2.50 bits per heavy atom. The molecule has 28 heavy (non-hydrogen) atoms. The van der Waals surface area contributed by atoms with Gasteiger partial charge in [-0.3, -0.25) is 14.9 Å². The number of carbonyl (C=O) groups is 1. The van der Waals surface area contributed by atoms with Gasteiger partial charge in [-0.25, -0.2) is 0 Å². The van der Waals surface area contributed by atoms with Crippen molar-refractivity contribution in [3.8, 4) is 0 Å². The average molecular weight is 424 g/mol. The largest absolute Gasteiger partial charge is 0.367 e. The van der Waals surface area contributed by atoms with E-state index in [4.69, 9.17) is 27.9 Å².